The van der Waals surface area contributed by atoms with Crippen LogP contribution < -0.4 is 15.4 Å². The van der Waals surface area contributed by atoms with E-state index in [-0.39, 0.29) is 35.3 Å². The van der Waals surface area contributed by atoms with Gasteiger partial charge in [-0.1, -0.05) is 16.8 Å². The molecule has 0 spiro atoms. The van der Waals surface area contributed by atoms with Crippen molar-refractivity contribution in [1.82, 2.24) is 5.32 Å². The molecular weight excluding hydrogens is 610 g/mol. The molecule has 1 aliphatic heterocycles. The molecule has 4 fully saturated rings. The van der Waals surface area contributed by atoms with Gasteiger partial charge in [-0.3, -0.25) is 9.59 Å². The predicted molar refractivity (Wildman–Crippen MR) is 156 cm³/mol. The number of ether oxygens (including phenoxy) is 1. The lowest BCUT2D eigenvalue weighted by Crippen LogP contribution is -2.48. The molecule has 2 aromatic carbocycles. The zero-order chi connectivity index (χ0) is 32.5. The van der Waals surface area contributed by atoms with Crippen LogP contribution in [-0.4, -0.2) is 59.2 Å². The van der Waals surface area contributed by atoms with Gasteiger partial charge >= 0.3 is 6.18 Å². The summed E-state index contributed by atoms with van der Waals surface area (Å²) in [4.78, 5) is 33.1. The van der Waals surface area contributed by atoms with Gasteiger partial charge < -0.3 is 30.4 Å². The standard InChI is InChI=1S/C33H33F4N3O6/c1-45-25-9-4-15(28-27-23(41)13-24(42)30(27)46-40-28)11-20(25)31(43)39-29-18-7-6-17(19(18)10-14-2-3-14)26(29)32(44)38-16-5-8-22(34)21(12-16)33(35,36)37/h4-5,8-12,14,17-18,23-24,26-27,29-30,41-42H,2-3,6-7,13H2,1H3,(H,38,44)(H,39,43)/b19-10-/t17-,18+,23?,24?,26-,27?,29+,30?/m0/s1. The maximum atomic E-state index is 14.0. The number of alkyl halides is 3. The van der Waals surface area contributed by atoms with Crippen molar-refractivity contribution in [3.05, 3.63) is 70.6 Å². The van der Waals surface area contributed by atoms with Crippen molar-refractivity contribution in [3.63, 3.8) is 0 Å². The van der Waals surface area contributed by atoms with Crippen LogP contribution in [0.25, 0.3) is 0 Å². The average Bonchev–Trinajstić information content (AvgIpc) is 3.33. The second kappa shape index (κ2) is 11.4. The number of oxime groups is 1. The summed E-state index contributed by atoms with van der Waals surface area (Å²) in [6.07, 6.45) is -1.55. The lowest BCUT2D eigenvalue weighted by Gasteiger charge is -2.30. The van der Waals surface area contributed by atoms with Crippen LogP contribution in [0.2, 0.25) is 0 Å². The van der Waals surface area contributed by atoms with Crippen molar-refractivity contribution in [2.75, 3.05) is 12.4 Å². The second-order valence-electron chi connectivity index (χ2n) is 12.9. The first kappa shape index (κ1) is 30.7. The van der Waals surface area contributed by atoms with E-state index in [0.29, 0.717) is 35.7 Å². The number of anilines is 1. The van der Waals surface area contributed by atoms with Crippen LogP contribution in [0.15, 0.2) is 53.2 Å². The number of hydrogen-bond donors (Lipinski definition) is 4. The number of allylic oxidation sites excluding steroid dienone is 1. The second-order valence-corrected chi connectivity index (χ2v) is 12.9. The largest absolute Gasteiger partial charge is 0.496 e. The van der Waals surface area contributed by atoms with Gasteiger partial charge in [0.05, 0.1) is 48.0 Å². The Labute approximate surface area is 261 Å². The molecule has 0 aromatic heterocycles. The van der Waals surface area contributed by atoms with Gasteiger partial charge in [0.15, 0.2) is 6.10 Å². The van der Waals surface area contributed by atoms with Crippen molar-refractivity contribution in [2.24, 2.45) is 34.7 Å². The highest BCUT2D eigenvalue weighted by Crippen LogP contribution is 2.54. The van der Waals surface area contributed by atoms with E-state index in [2.05, 4.69) is 21.9 Å². The number of carbonyl (C=O) groups excluding carboxylic acids is 2. The quantitative estimate of drug-likeness (QED) is 0.261. The van der Waals surface area contributed by atoms with E-state index in [1.807, 2.05) is 0 Å². The van der Waals surface area contributed by atoms with E-state index in [1.165, 1.54) is 7.11 Å². The summed E-state index contributed by atoms with van der Waals surface area (Å²) in [7, 11) is 1.41. The fourth-order valence-corrected chi connectivity index (χ4v) is 7.76. The molecule has 2 aromatic rings. The summed E-state index contributed by atoms with van der Waals surface area (Å²) >= 11 is 0. The normalized spacial score (nSPS) is 32.2. The van der Waals surface area contributed by atoms with Gasteiger partial charge in [-0.05, 0) is 73.9 Å². The van der Waals surface area contributed by atoms with Gasteiger partial charge in [0.1, 0.15) is 11.6 Å². The maximum Gasteiger partial charge on any atom is 0.419 e. The van der Waals surface area contributed by atoms with Gasteiger partial charge in [0.25, 0.3) is 5.91 Å². The molecule has 4 saturated carbocycles. The summed E-state index contributed by atoms with van der Waals surface area (Å²) in [5.41, 5.74) is 0.469. The number of nitrogens with zero attached hydrogens (tertiary/aromatic N) is 1. The van der Waals surface area contributed by atoms with Crippen molar-refractivity contribution in [1.29, 1.82) is 0 Å². The Morgan fingerprint density at radius 1 is 1.04 bits per heavy atom. The van der Waals surface area contributed by atoms with Crippen LogP contribution in [0.3, 0.4) is 0 Å². The zero-order valence-electron chi connectivity index (χ0n) is 24.8. The van der Waals surface area contributed by atoms with E-state index in [9.17, 15) is 37.4 Å². The fourth-order valence-electron chi connectivity index (χ4n) is 7.76. The fraction of sp³-hybridized carbons (Fsp3) is 0.485. The lowest BCUT2D eigenvalue weighted by molar-refractivity contribution is -0.140. The Hall–Kier alpha value is -3.97. The summed E-state index contributed by atoms with van der Waals surface area (Å²) in [6, 6.07) is 6.51. The molecule has 4 aliphatic carbocycles. The molecule has 2 amide bonds. The molecule has 4 N–H and O–H groups in total. The number of carbonyl (C=O) groups is 2. The minimum Gasteiger partial charge on any atom is -0.496 e. The third-order valence-corrected chi connectivity index (χ3v) is 10.0. The number of hydrogen-bond acceptors (Lipinski definition) is 7. The third-order valence-electron chi connectivity index (χ3n) is 10.0. The number of benzene rings is 2. The Balaban J connectivity index is 1.17. The highest BCUT2D eigenvalue weighted by atomic mass is 19.4. The molecule has 13 heteroatoms. The van der Waals surface area contributed by atoms with Gasteiger partial charge in [0, 0.05) is 29.6 Å². The monoisotopic (exact) mass is 643 g/mol. The molecule has 2 bridgehead atoms. The molecule has 1 heterocycles. The first-order valence-electron chi connectivity index (χ1n) is 15.4. The molecule has 46 heavy (non-hydrogen) atoms. The summed E-state index contributed by atoms with van der Waals surface area (Å²) in [5, 5.41) is 30.5. The van der Waals surface area contributed by atoms with Crippen LogP contribution in [-0.2, 0) is 15.8 Å². The Kier molecular flexibility index (Phi) is 7.58. The first-order valence-corrected chi connectivity index (χ1v) is 15.4. The number of halogens is 4. The molecule has 5 aliphatic rings. The van der Waals surface area contributed by atoms with Crippen LogP contribution >= 0.6 is 0 Å². The number of methoxy groups -OCH3 is 1. The number of rotatable bonds is 7. The lowest BCUT2D eigenvalue weighted by atomic mass is 9.83. The summed E-state index contributed by atoms with van der Waals surface area (Å²) in [6.45, 7) is 0. The highest BCUT2D eigenvalue weighted by Gasteiger charge is 2.55. The van der Waals surface area contributed by atoms with Crippen LogP contribution in [0.4, 0.5) is 23.2 Å². The van der Waals surface area contributed by atoms with Gasteiger partial charge in [-0.25, -0.2) is 4.39 Å². The number of aliphatic hydroxyl groups is 2. The van der Waals surface area contributed by atoms with E-state index in [0.717, 1.165) is 30.9 Å². The number of amides is 2. The van der Waals surface area contributed by atoms with Crippen molar-refractivity contribution < 1.29 is 46.9 Å². The topological polar surface area (TPSA) is 129 Å². The SMILES string of the molecule is COc1ccc(C2=NOC3C(O)CC(O)C23)cc1C(=O)N[C@H]1[C@@H](C(=O)Nc2ccc(F)c(C(F)(F)F)c2)[C@H]2CC[C@@H]1/C2=C\C1CC1. The minimum absolute atomic E-state index is 0.137. The van der Waals surface area contributed by atoms with Gasteiger partial charge in [0.2, 0.25) is 5.91 Å². The molecule has 0 radical (unpaired) electrons. The average molecular weight is 644 g/mol. The highest BCUT2D eigenvalue weighted by molar-refractivity contribution is 6.07. The summed E-state index contributed by atoms with van der Waals surface area (Å²) in [5.74, 6) is -3.55. The molecule has 7 rings (SSSR count). The molecular formula is C33H33F4N3O6. The van der Waals surface area contributed by atoms with E-state index in [1.54, 1.807) is 18.2 Å². The van der Waals surface area contributed by atoms with Gasteiger partial charge in [-0.15, -0.1) is 0 Å². The molecule has 9 nitrogen and oxygen atoms in total. The third kappa shape index (κ3) is 5.32. The first-order chi connectivity index (χ1) is 21.9. The summed E-state index contributed by atoms with van der Waals surface area (Å²) < 4.78 is 59.5. The molecule has 244 valence electrons. The zero-order valence-corrected chi connectivity index (χ0v) is 24.8. The molecule has 0 saturated heterocycles. The van der Waals surface area contributed by atoms with Crippen LogP contribution in [0.5, 0.6) is 5.75 Å². The van der Waals surface area contributed by atoms with Crippen LogP contribution in [0.1, 0.15) is 53.6 Å². The minimum atomic E-state index is -4.94. The van der Waals surface area contributed by atoms with Crippen molar-refractivity contribution in [3.8, 4) is 5.75 Å². The smallest absolute Gasteiger partial charge is 0.419 e. The van der Waals surface area contributed by atoms with Crippen molar-refractivity contribution >= 4 is 23.2 Å². The van der Waals surface area contributed by atoms with E-state index in [4.69, 9.17) is 9.57 Å². The Morgan fingerprint density at radius 3 is 2.52 bits per heavy atom. The van der Waals surface area contributed by atoms with E-state index >= 15 is 0 Å². The van der Waals surface area contributed by atoms with Crippen LogP contribution in [0, 0.1) is 35.4 Å². The van der Waals surface area contributed by atoms with Crippen molar-refractivity contribution in [2.45, 2.75) is 62.6 Å². The molecule has 4 unspecified atom stereocenters. The number of fused-ring (bicyclic) bond motifs is 3. The predicted octanol–water partition coefficient (Wildman–Crippen LogP) is 4.43. The van der Waals surface area contributed by atoms with E-state index < -0.39 is 65.6 Å². The maximum absolute atomic E-state index is 14.0. The number of nitrogens with one attached hydrogen (secondary N) is 2. The van der Waals surface area contributed by atoms with Gasteiger partial charge in [-0.2, -0.15) is 13.2 Å². The Bertz CT molecular complexity index is 1640. The number of aliphatic hydroxyl groups excluding tert-OH is 2. The molecule has 8 atom stereocenters. The Morgan fingerprint density at radius 2 is 1.80 bits per heavy atom.